The van der Waals surface area contributed by atoms with Gasteiger partial charge in [0.1, 0.15) is 11.6 Å². The summed E-state index contributed by atoms with van der Waals surface area (Å²) in [5.41, 5.74) is 2.06. The number of carbonyl (C=O) groups is 1. The zero-order valence-corrected chi connectivity index (χ0v) is 11.1. The number of carboxylic acid groups (broad SMARTS) is 1. The number of rotatable bonds is 2. The van der Waals surface area contributed by atoms with Crippen LogP contribution < -0.4 is 0 Å². The molecule has 0 fully saturated rings. The number of halogens is 1. The summed E-state index contributed by atoms with van der Waals surface area (Å²) in [4.78, 5) is 19.9. The molecular formula is C15H11FN2O3. The lowest BCUT2D eigenvalue weighted by atomic mass is 10.0. The van der Waals surface area contributed by atoms with E-state index in [4.69, 9.17) is 0 Å². The summed E-state index contributed by atoms with van der Waals surface area (Å²) in [5.74, 6) is -1.96. The number of pyridine rings is 1. The van der Waals surface area contributed by atoms with Crippen molar-refractivity contribution in [3.63, 3.8) is 0 Å². The van der Waals surface area contributed by atoms with E-state index in [1.54, 1.807) is 6.92 Å². The topological polar surface area (TPSA) is 82.8 Å². The maximum Gasteiger partial charge on any atom is 0.336 e. The Kier molecular flexibility index (Phi) is 2.94. The van der Waals surface area contributed by atoms with Gasteiger partial charge in [0.05, 0.1) is 23.5 Å². The second kappa shape index (κ2) is 4.66. The number of phenols is 1. The molecule has 1 aliphatic heterocycles. The number of aromatic hydroxyl groups is 1. The number of fused-ring (bicyclic) bond motifs is 1. The Hall–Kier alpha value is -2.76. The third-order valence-corrected chi connectivity index (χ3v) is 3.38. The number of aromatic nitrogens is 1. The molecular weight excluding hydrogens is 275 g/mol. The molecule has 3 rings (SSSR count). The molecule has 5 nitrogen and oxygen atoms in total. The predicted octanol–water partition coefficient (Wildman–Crippen LogP) is 2.61. The molecule has 0 amide bonds. The van der Waals surface area contributed by atoms with Gasteiger partial charge in [0, 0.05) is 22.9 Å². The van der Waals surface area contributed by atoms with Gasteiger partial charge >= 0.3 is 5.97 Å². The van der Waals surface area contributed by atoms with Gasteiger partial charge in [0.15, 0.2) is 0 Å². The predicted molar refractivity (Wildman–Crippen MR) is 74.2 cm³/mol. The first kappa shape index (κ1) is 13.2. The Bertz CT molecular complexity index is 800. The summed E-state index contributed by atoms with van der Waals surface area (Å²) in [6.45, 7) is 2.01. The van der Waals surface area contributed by atoms with E-state index in [2.05, 4.69) is 9.98 Å². The SMILES string of the molecule is CC1=NCc2nc(-c3ccc(O)cc3F)cc(C(=O)O)c21. The summed E-state index contributed by atoms with van der Waals surface area (Å²) in [6.07, 6.45) is 0. The van der Waals surface area contributed by atoms with Crippen molar-refractivity contribution >= 4 is 11.7 Å². The van der Waals surface area contributed by atoms with Gasteiger partial charge in [-0.2, -0.15) is 0 Å². The Balaban J connectivity index is 2.23. The number of hydrogen-bond donors (Lipinski definition) is 2. The fourth-order valence-corrected chi connectivity index (χ4v) is 2.41. The quantitative estimate of drug-likeness (QED) is 0.889. The van der Waals surface area contributed by atoms with Crippen molar-refractivity contribution in [3.8, 4) is 17.0 Å². The van der Waals surface area contributed by atoms with E-state index in [0.717, 1.165) is 6.07 Å². The first-order chi connectivity index (χ1) is 9.97. The van der Waals surface area contributed by atoms with Crippen LogP contribution in [-0.4, -0.2) is 26.9 Å². The maximum absolute atomic E-state index is 13.9. The highest BCUT2D eigenvalue weighted by Crippen LogP contribution is 2.29. The van der Waals surface area contributed by atoms with E-state index < -0.39 is 11.8 Å². The molecule has 1 aromatic carbocycles. The lowest BCUT2D eigenvalue weighted by molar-refractivity contribution is 0.0696. The number of phenolic OH excluding ortho intramolecular Hbond substituents is 1. The lowest BCUT2D eigenvalue weighted by Gasteiger charge is -2.09. The van der Waals surface area contributed by atoms with E-state index in [-0.39, 0.29) is 29.1 Å². The third-order valence-electron chi connectivity index (χ3n) is 3.38. The molecule has 1 aromatic heterocycles. The van der Waals surface area contributed by atoms with Crippen LogP contribution in [0.1, 0.15) is 28.5 Å². The zero-order valence-electron chi connectivity index (χ0n) is 11.1. The van der Waals surface area contributed by atoms with Crippen LogP contribution in [0, 0.1) is 5.82 Å². The van der Waals surface area contributed by atoms with Gasteiger partial charge in [-0.15, -0.1) is 0 Å². The molecule has 0 bridgehead atoms. The fraction of sp³-hybridized carbons (Fsp3) is 0.133. The highest BCUT2D eigenvalue weighted by atomic mass is 19.1. The fourth-order valence-electron chi connectivity index (χ4n) is 2.41. The van der Waals surface area contributed by atoms with Crippen LogP contribution in [0.3, 0.4) is 0 Å². The summed E-state index contributed by atoms with van der Waals surface area (Å²) >= 11 is 0. The first-order valence-electron chi connectivity index (χ1n) is 6.25. The van der Waals surface area contributed by atoms with Crippen molar-refractivity contribution < 1.29 is 19.4 Å². The molecule has 1 aliphatic rings. The van der Waals surface area contributed by atoms with Gasteiger partial charge < -0.3 is 10.2 Å². The normalized spacial score (nSPS) is 13.0. The molecule has 21 heavy (non-hydrogen) atoms. The molecule has 0 atom stereocenters. The first-order valence-corrected chi connectivity index (χ1v) is 6.25. The van der Waals surface area contributed by atoms with Crippen LogP contribution in [0.25, 0.3) is 11.3 Å². The molecule has 0 saturated carbocycles. The van der Waals surface area contributed by atoms with E-state index in [0.29, 0.717) is 17.0 Å². The monoisotopic (exact) mass is 286 g/mol. The number of benzene rings is 1. The smallest absolute Gasteiger partial charge is 0.336 e. The van der Waals surface area contributed by atoms with E-state index in [1.165, 1.54) is 18.2 Å². The van der Waals surface area contributed by atoms with Crippen LogP contribution in [0.2, 0.25) is 0 Å². The maximum atomic E-state index is 13.9. The largest absolute Gasteiger partial charge is 0.508 e. The minimum Gasteiger partial charge on any atom is -0.508 e. The van der Waals surface area contributed by atoms with Gasteiger partial charge in [-0.1, -0.05) is 0 Å². The van der Waals surface area contributed by atoms with Gasteiger partial charge in [0.25, 0.3) is 0 Å². The van der Waals surface area contributed by atoms with Gasteiger partial charge in [0.2, 0.25) is 0 Å². The molecule has 0 saturated heterocycles. The number of aromatic carboxylic acids is 1. The second-order valence-electron chi connectivity index (χ2n) is 4.75. The molecule has 2 N–H and O–H groups in total. The Labute approximate surface area is 119 Å². The van der Waals surface area contributed by atoms with Crippen molar-refractivity contribution in [2.75, 3.05) is 0 Å². The van der Waals surface area contributed by atoms with Gasteiger partial charge in [-0.05, 0) is 25.1 Å². The van der Waals surface area contributed by atoms with Crippen molar-refractivity contribution in [2.24, 2.45) is 4.99 Å². The van der Waals surface area contributed by atoms with Gasteiger partial charge in [-0.25, -0.2) is 14.2 Å². The van der Waals surface area contributed by atoms with E-state index >= 15 is 0 Å². The minimum absolute atomic E-state index is 0.0567. The summed E-state index contributed by atoms with van der Waals surface area (Å²) < 4.78 is 13.9. The van der Waals surface area contributed by atoms with Crippen molar-refractivity contribution in [2.45, 2.75) is 13.5 Å². The minimum atomic E-state index is -1.11. The second-order valence-corrected chi connectivity index (χ2v) is 4.75. The number of hydrogen-bond acceptors (Lipinski definition) is 4. The molecule has 6 heteroatoms. The van der Waals surface area contributed by atoms with Crippen LogP contribution in [0.15, 0.2) is 29.3 Å². The molecule has 0 unspecified atom stereocenters. The standard InChI is InChI=1S/C15H11FN2O3/c1-7-14-10(15(20)21)5-12(18-13(14)6-17-7)9-3-2-8(19)4-11(9)16/h2-5,19H,6H2,1H3,(H,20,21). The van der Waals surface area contributed by atoms with Crippen LogP contribution in [0.4, 0.5) is 4.39 Å². The Morgan fingerprint density at radius 1 is 1.33 bits per heavy atom. The summed E-state index contributed by atoms with van der Waals surface area (Å²) in [5, 5.41) is 18.6. The third kappa shape index (κ3) is 2.14. The molecule has 0 radical (unpaired) electrons. The molecule has 2 heterocycles. The average Bonchev–Trinajstić information content (AvgIpc) is 2.79. The van der Waals surface area contributed by atoms with E-state index in [1.807, 2.05) is 0 Å². The van der Waals surface area contributed by atoms with E-state index in [9.17, 15) is 19.4 Å². The Morgan fingerprint density at radius 3 is 2.76 bits per heavy atom. The average molecular weight is 286 g/mol. The van der Waals surface area contributed by atoms with Crippen molar-refractivity contribution in [1.29, 1.82) is 0 Å². The zero-order chi connectivity index (χ0) is 15.1. The number of carboxylic acids is 1. The molecule has 0 aliphatic carbocycles. The highest BCUT2D eigenvalue weighted by Gasteiger charge is 2.24. The van der Waals surface area contributed by atoms with Crippen molar-refractivity contribution in [1.82, 2.24) is 4.98 Å². The van der Waals surface area contributed by atoms with Gasteiger partial charge in [-0.3, -0.25) is 4.99 Å². The van der Waals surface area contributed by atoms with Crippen molar-refractivity contribution in [3.05, 3.63) is 46.9 Å². The molecule has 106 valence electrons. The van der Waals surface area contributed by atoms with Crippen LogP contribution >= 0.6 is 0 Å². The molecule has 0 spiro atoms. The summed E-state index contributed by atoms with van der Waals surface area (Å²) in [7, 11) is 0. The summed E-state index contributed by atoms with van der Waals surface area (Å²) in [6, 6.07) is 5.00. The number of aliphatic imine (C=N–C) groups is 1. The molecule has 2 aromatic rings. The van der Waals surface area contributed by atoms with Crippen LogP contribution in [0.5, 0.6) is 5.75 Å². The Morgan fingerprint density at radius 2 is 2.10 bits per heavy atom. The highest BCUT2D eigenvalue weighted by molar-refractivity contribution is 6.10. The lowest BCUT2D eigenvalue weighted by Crippen LogP contribution is -2.09. The number of nitrogens with zero attached hydrogens (tertiary/aromatic N) is 2. The van der Waals surface area contributed by atoms with Crippen LogP contribution in [-0.2, 0) is 6.54 Å².